The summed E-state index contributed by atoms with van der Waals surface area (Å²) in [5.41, 5.74) is 1.99. The third-order valence-electron chi connectivity index (χ3n) is 4.57. The molecule has 0 aliphatic rings. The summed E-state index contributed by atoms with van der Waals surface area (Å²) in [5, 5.41) is 4.17. The summed E-state index contributed by atoms with van der Waals surface area (Å²) >= 11 is 0. The van der Waals surface area contributed by atoms with E-state index in [1.165, 1.54) is 7.11 Å². The molecule has 0 spiro atoms. The number of carbonyl (C=O) groups excluding carboxylic acids is 1. The molecule has 0 bridgehead atoms. The van der Waals surface area contributed by atoms with Gasteiger partial charge in [-0.2, -0.15) is 0 Å². The first-order valence-electron chi connectivity index (χ1n) is 9.78. The summed E-state index contributed by atoms with van der Waals surface area (Å²) < 4.78 is 37.5. The molecule has 1 aromatic heterocycles. The topological polar surface area (TPSA) is 98.5 Å². The van der Waals surface area contributed by atoms with E-state index in [-0.39, 0.29) is 13.2 Å². The van der Waals surface area contributed by atoms with Gasteiger partial charge in [0.25, 0.3) is 0 Å². The predicted octanol–water partition coefficient (Wildman–Crippen LogP) is 3.98. The summed E-state index contributed by atoms with van der Waals surface area (Å²) in [6, 6.07) is 10.6. The quantitative estimate of drug-likeness (QED) is 0.431. The van der Waals surface area contributed by atoms with E-state index in [2.05, 4.69) is 5.16 Å². The van der Waals surface area contributed by atoms with E-state index < -0.39 is 5.97 Å². The highest BCUT2D eigenvalue weighted by molar-refractivity contribution is 5.73. The van der Waals surface area contributed by atoms with Gasteiger partial charge in [0.05, 0.1) is 35.0 Å². The van der Waals surface area contributed by atoms with Crippen molar-refractivity contribution in [2.75, 3.05) is 41.7 Å². The Hall–Kier alpha value is -3.88. The molecule has 0 fully saturated rings. The lowest BCUT2D eigenvalue weighted by Gasteiger charge is -2.13. The van der Waals surface area contributed by atoms with E-state index in [1.54, 1.807) is 64.7 Å². The van der Waals surface area contributed by atoms with Gasteiger partial charge >= 0.3 is 5.97 Å². The van der Waals surface area contributed by atoms with Crippen molar-refractivity contribution < 1.29 is 37.7 Å². The van der Waals surface area contributed by atoms with Gasteiger partial charge in [-0.3, -0.25) is 0 Å². The van der Waals surface area contributed by atoms with Crippen molar-refractivity contribution in [3.05, 3.63) is 36.4 Å². The normalized spacial score (nSPS) is 10.4. The molecule has 0 radical (unpaired) electrons. The fourth-order valence-corrected chi connectivity index (χ4v) is 3.06. The minimum Gasteiger partial charge on any atom is -0.493 e. The number of carbonyl (C=O) groups is 1. The maximum absolute atomic E-state index is 11.6. The van der Waals surface area contributed by atoms with Crippen LogP contribution in [0.25, 0.3) is 22.6 Å². The Kier molecular flexibility index (Phi) is 7.43. The van der Waals surface area contributed by atoms with Gasteiger partial charge in [-0.1, -0.05) is 5.16 Å². The number of aromatic nitrogens is 1. The van der Waals surface area contributed by atoms with E-state index in [9.17, 15) is 4.79 Å². The monoisotopic (exact) mass is 443 g/mol. The summed E-state index contributed by atoms with van der Waals surface area (Å²) in [4.78, 5) is 11.6. The average Bonchev–Trinajstić information content (AvgIpc) is 3.32. The third-order valence-corrected chi connectivity index (χ3v) is 4.57. The second kappa shape index (κ2) is 10.4. The molecule has 0 amide bonds. The van der Waals surface area contributed by atoms with Gasteiger partial charge in [0, 0.05) is 17.2 Å². The molecule has 0 unspecified atom stereocenters. The van der Waals surface area contributed by atoms with E-state index in [1.807, 2.05) is 0 Å². The Morgan fingerprint density at radius 1 is 0.844 bits per heavy atom. The Morgan fingerprint density at radius 3 is 2.09 bits per heavy atom. The lowest BCUT2D eigenvalue weighted by atomic mass is 10.1. The predicted molar refractivity (Wildman–Crippen MR) is 116 cm³/mol. The second-order valence-corrected chi connectivity index (χ2v) is 6.45. The molecule has 0 aliphatic heterocycles. The highest BCUT2D eigenvalue weighted by Crippen LogP contribution is 2.41. The second-order valence-electron chi connectivity index (χ2n) is 6.45. The van der Waals surface area contributed by atoms with Crippen LogP contribution in [0.15, 0.2) is 40.9 Å². The van der Waals surface area contributed by atoms with Gasteiger partial charge in [-0.15, -0.1) is 0 Å². The molecule has 0 atom stereocenters. The van der Waals surface area contributed by atoms with Crippen LogP contribution in [-0.2, 0) is 9.53 Å². The number of rotatable bonds is 10. The van der Waals surface area contributed by atoms with Crippen molar-refractivity contribution >= 4 is 5.97 Å². The summed E-state index contributed by atoms with van der Waals surface area (Å²) in [6.07, 6.45) is 0. The van der Waals surface area contributed by atoms with Crippen molar-refractivity contribution in [1.29, 1.82) is 0 Å². The molecular weight excluding hydrogens is 418 g/mol. The summed E-state index contributed by atoms with van der Waals surface area (Å²) in [7, 11) is 6.15. The van der Waals surface area contributed by atoms with Gasteiger partial charge in [0.15, 0.2) is 35.4 Å². The first kappa shape index (κ1) is 22.8. The highest BCUT2D eigenvalue weighted by atomic mass is 16.6. The van der Waals surface area contributed by atoms with Gasteiger partial charge < -0.3 is 32.9 Å². The zero-order chi connectivity index (χ0) is 23.1. The van der Waals surface area contributed by atoms with E-state index in [0.29, 0.717) is 45.8 Å². The third kappa shape index (κ3) is 4.88. The van der Waals surface area contributed by atoms with Crippen LogP contribution in [0.5, 0.6) is 28.7 Å². The Labute approximate surface area is 185 Å². The molecular formula is C23H25NO8. The molecule has 3 rings (SSSR count). The van der Waals surface area contributed by atoms with Crippen LogP contribution in [0, 0.1) is 0 Å². The van der Waals surface area contributed by atoms with Crippen LogP contribution < -0.4 is 23.7 Å². The highest BCUT2D eigenvalue weighted by Gasteiger charge is 2.18. The van der Waals surface area contributed by atoms with Crippen molar-refractivity contribution in [3.8, 4) is 51.3 Å². The van der Waals surface area contributed by atoms with Crippen LogP contribution in [0.3, 0.4) is 0 Å². The fraction of sp³-hybridized carbons (Fsp3) is 0.304. The minimum atomic E-state index is -0.468. The van der Waals surface area contributed by atoms with E-state index in [0.717, 1.165) is 5.56 Å². The number of hydrogen-bond acceptors (Lipinski definition) is 9. The molecule has 0 saturated heterocycles. The van der Waals surface area contributed by atoms with E-state index >= 15 is 0 Å². The SMILES string of the molecule is CCOC(=O)COc1cc(-c2cc(-c3cc(OC)c(OC)c(OC)c3)no2)ccc1OC. The van der Waals surface area contributed by atoms with Crippen LogP contribution in [0.1, 0.15) is 6.92 Å². The van der Waals surface area contributed by atoms with Crippen molar-refractivity contribution in [3.63, 3.8) is 0 Å². The Morgan fingerprint density at radius 2 is 1.50 bits per heavy atom. The van der Waals surface area contributed by atoms with Crippen molar-refractivity contribution in [2.24, 2.45) is 0 Å². The molecule has 9 nitrogen and oxygen atoms in total. The zero-order valence-electron chi connectivity index (χ0n) is 18.6. The van der Waals surface area contributed by atoms with Crippen molar-refractivity contribution in [2.45, 2.75) is 6.92 Å². The number of methoxy groups -OCH3 is 4. The van der Waals surface area contributed by atoms with Crippen molar-refractivity contribution in [1.82, 2.24) is 5.16 Å². The van der Waals surface area contributed by atoms with Crippen LogP contribution in [0.2, 0.25) is 0 Å². The molecule has 2 aromatic carbocycles. The Balaban J connectivity index is 1.91. The lowest BCUT2D eigenvalue weighted by Crippen LogP contribution is -2.14. The van der Waals surface area contributed by atoms with Gasteiger partial charge in [0.1, 0.15) is 5.69 Å². The maximum Gasteiger partial charge on any atom is 0.344 e. The van der Waals surface area contributed by atoms with Gasteiger partial charge in [-0.05, 0) is 37.3 Å². The first-order valence-corrected chi connectivity index (χ1v) is 9.78. The molecule has 1 heterocycles. The minimum absolute atomic E-state index is 0.235. The first-order chi connectivity index (χ1) is 15.5. The van der Waals surface area contributed by atoms with Crippen LogP contribution >= 0.6 is 0 Å². The van der Waals surface area contributed by atoms with Crippen LogP contribution in [-0.4, -0.2) is 52.8 Å². The van der Waals surface area contributed by atoms with E-state index in [4.69, 9.17) is 32.9 Å². The average molecular weight is 443 g/mol. The van der Waals surface area contributed by atoms with Gasteiger partial charge in [-0.25, -0.2) is 4.79 Å². The largest absolute Gasteiger partial charge is 0.493 e. The molecule has 32 heavy (non-hydrogen) atoms. The fourth-order valence-electron chi connectivity index (χ4n) is 3.06. The van der Waals surface area contributed by atoms with Crippen LogP contribution in [0.4, 0.5) is 0 Å². The molecule has 170 valence electrons. The molecule has 3 aromatic rings. The molecule has 0 saturated carbocycles. The summed E-state index contributed by atoms with van der Waals surface area (Å²) in [5.74, 6) is 2.38. The zero-order valence-corrected chi connectivity index (χ0v) is 18.6. The number of ether oxygens (including phenoxy) is 6. The smallest absolute Gasteiger partial charge is 0.344 e. The lowest BCUT2D eigenvalue weighted by molar-refractivity contribution is -0.145. The number of benzene rings is 2. The molecule has 9 heteroatoms. The standard InChI is InChI=1S/C23H25NO8/c1-6-30-22(25)13-31-19-9-14(7-8-17(19)26-2)18-12-16(24-32-18)15-10-20(27-3)23(29-5)21(11-15)28-4/h7-12H,6,13H2,1-5H3. The maximum atomic E-state index is 11.6. The number of esters is 1. The molecule has 0 N–H and O–H groups in total. The molecule has 0 aliphatic carbocycles. The van der Waals surface area contributed by atoms with Gasteiger partial charge in [0.2, 0.25) is 5.75 Å². The number of nitrogens with zero attached hydrogens (tertiary/aromatic N) is 1. The Bertz CT molecular complexity index is 1050. The summed E-state index contributed by atoms with van der Waals surface area (Å²) in [6.45, 7) is 1.77. The number of hydrogen-bond donors (Lipinski definition) is 0.